The van der Waals surface area contributed by atoms with Gasteiger partial charge in [-0.2, -0.15) is 0 Å². The van der Waals surface area contributed by atoms with Crippen molar-refractivity contribution in [2.75, 3.05) is 13.1 Å². The van der Waals surface area contributed by atoms with Crippen molar-refractivity contribution in [2.45, 2.75) is 25.0 Å². The summed E-state index contributed by atoms with van der Waals surface area (Å²) in [7, 11) is 0. The van der Waals surface area contributed by atoms with E-state index in [9.17, 15) is 9.90 Å². The van der Waals surface area contributed by atoms with E-state index in [-0.39, 0.29) is 12.1 Å². The zero-order valence-electron chi connectivity index (χ0n) is 13.8. The molecule has 2 aliphatic heterocycles. The quantitative estimate of drug-likeness (QED) is 0.935. The van der Waals surface area contributed by atoms with E-state index in [0.29, 0.717) is 19.6 Å². The number of pyridine rings is 1. The Kier molecular flexibility index (Phi) is 4.09. The largest absolute Gasteiger partial charge is 0.465 e. The SMILES string of the molecule is O=C(O)N1CCC2N=C(c3ccccn3)N(Cc3ccccc3)C2C1. The Morgan fingerprint density at radius 1 is 1.16 bits per heavy atom. The molecule has 0 bridgehead atoms. The summed E-state index contributed by atoms with van der Waals surface area (Å²) in [5, 5.41) is 9.37. The number of aliphatic imine (C=N–C) groups is 1. The maximum absolute atomic E-state index is 11.4. The number of amides is 1. The van der Waals surface area contributed by atoms with Gasteiger partial charge in [-0.05, 0) is 24.1 Å². The first-order valence-electron chi connectivity index (χ1n) is 8.50. The van der Waals surface area contributed by atoms with Crippen LogP contribution in [-0.4, -0.2) is 57.0 Å². The minimum Gasteiger partial charge on any atom is -0.465 e. The molecule has 4 rings (SSSR count). The summed E-state index contributed by atoms with van der Waals surface area (Å²) in [6.45, 7) is 1.71. The molecular weight excluding hydrogens is 316 g/mol. The minimum atomic E-state index is -0.857. The van der Waals surface area contributed by atoms with Gasteiger partial charge in [0.05, 0.1) is 12.1 Å². The van der Waals surface area contributed by atoms with Crippen molar-refractivity contribution >= 4 is 11.9 Å². The highest BCUT2D eigenvalue weighted by Gasteiger charge is 2.41. The van der Waals surface area contributed by atoms with Crippen LogP contribution in [0.4, 0.5) is 4.79 Å². The summed E-state index contributed by atoms with van der Waals surface area (Å²) < 4.78 is 0. The molecule has 1 amide bonds. The van der Waals surface area contributed by atoms with Gasteiger partial charge in [-0.3, -0.25) is 9.98 Å². The number of benzene rings is 1. The summed E-state index contributed by atoms with van der Waals surface area (Å²) in [6.07, 6.45) is 1.66. The molecule has 0 saturated carbocycles. The third-order valence-electron chi connectivity index (χ3n) is 4.87. The van der Waals surface area contributed by atoms with Gasteiger partial charge in [0.1, 0.15) is 5.69 Å². The molecule has 128 valence electrons. The Bertz CT molecular complexity index is 779. The number of aromatic nitrogens is 1. The number of hydrogen-bond acceptors (Lipinski definition) is 4. The summed E-state index contributed by atoms with van der Waals surface area (Å²) in [5.41, 5.74) is 2.02. The molecule has 1 fully saturated rings. The molecule has 2 aromatic rings. The summed E-state index contributed by atoms with van der Waals surface area (Å²) in [6, 6.07) is 16.2. The molecule has 25 heavy (non-hydrogen) atoms. The van der Waals surface area contributed by atoms with E-state index in [1.807, 2.05) is 36.4 Å². The van der Waals surface area contributed by atoms with Gasteiger partial charge < -0.3 is 14.9 Å². The zero-order valence-corrected chi connectivity index (χ0v) is 13.8. The van der Waals surface area contributed by atoms with Crippen molar-refractivity contribution in [2.24, 2.45) is 4.99 Å². The van der Waals surface area contributed by atoms with Crippen LogP contribution >= 0.6 is 0 Å². The normalized spacial score (nSPS) is 22.5. The van der Waals surface area contributed by atoms with E-state index in [1.165, 1.54) is 10.5 Å². The molecule has 0 radical (unpaired) electrons. The van der Waals surface area contributed by atoms with Crippen LogP contribution in [0.5, 0.6) is 0 Å². The Balaban J connectivity index is 1.66. The van der Waals surface area contributed by atoms with Gasteiger partial charge in [0.15, 0.2) is 5.84 Å². The van der Waals surface area contributed by atoms with E-state index < -0.39 is 6.09 Å². The molecule has 1 aromatic carbocycles. The first-order chi connectivity index (χ1) is 12.2. The fourth-order valence-corrected chi connectivity index (χ4v) is 3.62. The number of hydrogen-bond donors (Lipinski definition) is 1. The van der Waals surface area contributed by atoms with Crippen molar-refractivity contribution in [1.29, 1.82) is 0 Å². The molecule has 1 aromatic heterocycles. The topological polar surface area (TPSA) is 69.0 Å². The lowest BCUT2D eigenvalue weighted by molar-refractivity contribution is 0.107. The molecule has 6 nitrogen and oxygen atoms in total. The molecule has 0 spiro atoms. The van der Waals surface area contributed by atoms with Crippen LogP contribution in [0.2, 0.25) is 0 Å². The number of amidine groups is 1. The van der Waals surface area contributed by atoms with E-state index >= 15 is 0 Å². The van der Waals surface area contributed by atoms with Gasteiger partial charge in [0.25, 0.3) is 0 Å². The third-order valence-corrected chi connectivity index (χ3v) is 4.87. The lowest BCUT2D eigenvalue weighted by atomic mass is 9.99. The van der Waals surface area contributed by atoms with Gasteiger partial charge in [0.2, 0.25) is 0 Å². The second-order valence-corrected chi connectivity index (χ2v) is 6.43. The van der Waals surface area contributed by atoms with E-state index in [4.69, 9.17) is 4.99 Å². The fourth-order valence-electron chi connectivity index (χ4n) is 3.62. The Hall–Kier alpha value is -2.89. The number of carboxylic acid groups (broad SMARTS) is 1. The van der Waals surface area contributed by atoms with Gasteiger partial charge in [0, 0.05) is 25.8 Å². The zero-order chi connectivity index (χ0) is 17.2. The van der Waals surface area contributed by atoms with Gasteiger partial charge in [-0.15, -0.1) is 0 Å². The fraction of sp³-hybridized carbons (Fsp3) is 0.316. The maximum Gasteiger partial charge on any atom is 0.407 e. The average molecular weight is 336 g/mol. The Labute approximate surface area is 146 Å². The standard InChI is InChI=1S/C19H20N4O2/c24-19(25)22-11-9-15-17(13-22)23(12-14-6-2-1-3-7-14)18(21-15)16-8-4-5-10-20-16/h1-8,10,15,17H,9,11-13H2,(H,24,25). The predicted molar refractivity (Wildman–Crippen MR) is 94.5 cm³/mol. The molecule has 2 atom stereocenters. The smallest absolute Gasteiger partial charge is 0.407 e. The number of piperidine rings is 1. The lowest BCUT2D eigenvalue weighted by Gasteiger charge is -2.37. The number of nitrogens with zero attached hydrogens (tertiary/aromatic N) is 4. The van der Waals surface area contributed by atoms with Crippen LogP contribution in [0.1, 0.15) is 17.7 Å². The highest BCUT2D eigenvalue weighted by Crippen LogP contribution is 2.29. The molecule has 2 unspecified atom stereocenters. The summed E-state index contributed by atoms with van der Waals surface area (Å²) in [5.74, 6) is 0.867. The molecule has 0 aliphatic carbocycles. The molecule has 1 N–H and O–H groups in total. The third kappa shape index (κ3) is 3.07. The van der Waals surface area contributed by atoms with Gasteiger partial charge in [-0.1, -0.05) is 36.4 Å². The van der Waals surface area contributed by atoms with E-state index in [2.05, 4.69) is 22.0 Å². The number of rotatable bonds is 3. The van der Waals surface area contributed by atoms with Crippen molar-refractivity contribution in [3.63, 3.8) is 0 Å². The van der Waals surface area contributed by atoms with Crippen LogP contribution in [0.25, 0.3) is 0 Å². The molecular formula is C19H20N4O2. The minimum absolute atomic E-state index is 0.0575. The number of fused-ring (bicyclic) bond motifs is 1. The van der Waals surface area contributed by atoms with Crippen molar-refractivity contribution in [1.82, 2.24) is 14.8 Å². The van der Waals surface area contributed by atoms with Crippen LogP contribution in [0.3, 0.4) is 0 Å². The highest BCUT2D eigenvalue weighted by atomic mass is 16.4. The van der Waals surface area contributed by atoms with Crippen LogP contribution in [0, 0.1) is 0 Å². The first-order valence-corrected chi connectivity index (χ1v) is 8.50. The monoisotopic (exact) mass is 336 g/mol. The summed E-state index contributed by atoms with van der Waals surface area (Å²) >= 11 is 0. The second-order valence-electron chi connectivity index (χ2n) is 6.43. The maximum atomic E-state index is 11.4. The number of likely N-dealkylation sites (tertiary alicyclic amines) is 1. The van der Waals surface area contributed by atoms with Crippen LogP contribution in [-0.2, 0) is 6.54 Å². The molecule has 1 saturated heterocycles. The molecule has 6 heteroatoms. The Morgan fingerprint density at radius 2 is 1.96 bits per heavy atom. The number of carbonyl (C=O) groups is 1. The average Bonchev–Trinajstić information content (AvgIpc) is 3.01. The van der Waals surface area contributed by atoms with Gasteiger partial charge >= 0.3 is 6.09 Å². The van der Waals surface area contributed by atoms with Crippen molar-refractivity contribution < 1.29 is 9.90 Å². The van der Waals surface area contributed by atoms with E-state index in [1.54, 1.807) is 6.20 Å². The van der Waals surface area contributed by atoms with Crippen molar-refractivity contribution in [3.8, 4) is 0 Å². The van der Waals surface area contributed by atoms with Gasteiger partial charge in [-0.25, -0.2) is 4.79 Å². The molecule has 2 aliphatic rings. The highest BCUT2D eigenvalue weighted by molar-refractivity contribution is 5.98. The van der Waals surface area contributed by atoms with Crippen molar-refractivity contribution in [3.05, 3.63) is 66.0 Å². The van der Waals surface area contributed by atoms with E-state index in [0.717, 1.165) is 18.0 Å². The summed E-state index contributed by atoms with van der Waals surface area (Å²) in [4.78, 5) is 24.5. The molecule has 3 heterocycles. The Morgan fingerprint density at radius 3 is 2.68 bits per heavy atom. The first kappa shape index (κ1) is 15.6. The lowest BCUT2D eigenvalue weighted by Crippen LogP contribution is -2.53. The van der Waals surface area contributed by atoms with Crippen LogP contribution < -0.4 is 0 Å². The predicted octanol–water partition coefficient (Wildman–Crippen LogP) is 2.46. The van der Waals surface area contributed by atoms with Crippen LogP contribution in [0.15, 0.2) is 59.7 Å². The second kappa shape index (κ2) is 6.55.